The number of rotatable bonds is 4. The zero-order valence-electron chi connectivity index (χ0n) is 9.94. The highest BCUT2D eigenvalue weighted by atomic mass is 79.9. The highest BCUT2D eigenvalue weighted by Crippen LogP contribution is 2.37. The van der Waals surface area contributed by atoms with Gasteiger partial charge in [0.1, 0.15) is 0 Å². The van der Waals surface area contributed by atoms with E-state index >= 15 is 0 Å². The van der Waals surface area contributed by atoms with Crippen molar-refractivity contribution in [1.82, 2.24) is 10.3 Å². The van der Waals surface area contributed by atoms with Crippen LogP contribution in [0.25, 0.3) is 0 Å². The molecule has 1 heterocycles. The largest absolute Gasteiger partial charge is 0.431 e. The molecule has 2 rings (SSSR count). The third-order valence-corrected chi connectivity index (χ3v) is 3.00. The summed E-state index contributed by atoms with van der Waals surface area (Å²) in [5, 5.41) is 8.99. The first-order valence-corrected chi connectivity index (χ1v) is 6.39. The normalized spacial score (nSPS) is 10.7. The fourth-order valence-corrected chi connectivity index (χ4v) is 2.30. The molecule has 0 aliphatic carbocycles. The van der Waals surface area contributed by atoms with Crippen LogP contribution in [0.5, 0.6) is 5.75 Å². The van der Waals surface area contributed by atoms with Gasteiger partial charge in [-0.3, -0.25) is 4.79 Å². The molecule has 0 aliphatic heterocycles. The summed E-state index contributed by atoms with van der Waals surface area (Å²) < 4.78 is 33.6. The highest BCUT2D eigenvalue weighted by Gasteiger charge is 2.21. The standard InChI is InChI=1S/C10H6BrClF2N4O3/c11-4-1-3(12)2-5(7(4)20-10(13)14)16-9(19)6-8(15)18-21-17-6/h1-2,10H,(H2,15,18)(H,16,19). The SMILES string of the molecule is Nc1nonc1C(=O)Nc1cc(Cl)cc(Br)c1OC(F)F. The van der Waals surface area contributed by atoms with Crippen molar-refractivity contribution in [2.24, 2.45) is 0 Å². The molecule has 0 saturated heterocycles. The third-order valence-electron chi connectivity index (χ3n) is 2.19. The highest BCUT2D eigenvalue weighted by molar-refractivity contribution is 9.10. The van der Waals surface area contributed by atoms with Gasteiger partial charge in [-0.1, -0.05) is 11.6 Å². The number of ether oxygens (including phenoxy) is 1. The number of amides is 1. The van der Waals surface area contributed by atoms with Crippen LogP contribution in [0.3, 0.4) is 0 Å². The van der Waals surface area contributed by atoms with Gasteiger partial charge in [0.25, 0.3) is 5.91 Å². The van der Waals surface area contributed by atoms with Gasteiger partial charge in [-0.2, -0.15) is 8.78 Å². The predicted molar refractivity (Wildman–Crippen MR) is 72.4 cm³/mol. The molecule has 1 amide bonds. The summed E-state index contributed by atoms with van der Waals surface area (Å²) in [5.41, 5.74) is 4.97. The first kappa shape index (κ1) is 15.4. The lowest BCUT2D eigenvalue weighted by molar-refractivity contribution is -0.0498. The summed E-state index contributed by atoms with van der Waals surface area (Å²) in [4.78, 5) is 11.9. The molecular formula is C10H6BrClF2N4O3. The number of nitrogens with zero attached hydrogens (tertiary/aromatic N) is 2. The van der Waals surface area contributed by atoms with E-state index in [1.807, 2.05) is 0 Å². The predicted octanol–water partition coefficient (Wildman–Crippen LogP) is 2.92. The second-order valence-corrected chi connectivity index (χ2v) is 4.89. The Balaban J connectivity index is 2.34. The van der Waals surface area contributed by atoms with Crippen LogP contribution in [0.1, 0.15) is 10.5 Å². The lowest BCUT2D eigenvalue weighted by Crippen LogP contribution is -2.16. The molecule has 0 unspecified atom stereocenters. The fraction of sp³-hybridized carbons (Fsp3) is 0.100. The average Bonchev–Trinajstić information content (AvgIpc) is 2.79. The van der Waals surface area contributed by atoms with E-state index in [4.69, 9.17) is 17.3 Å². The number of carbonyl (C=O) groups is 1. The van der Waals surface area contributed by atoms with Gasteiger partial charge in [0, 0.05) is 5.02 Å². The quantitative estimate of drug-likeness (QED) is 0.841. The second kappa shape index (κ2) is 6.22. The van der Waals surface area contributed by atoms with E-state index in [9.17, 15) is 13.6 Å². The zero-order valence-corrected chi connectivity index (χ0v) is 12.3. The van der Waals surface area contributed by atoms with Crippen molar-refractivity contribution in [2.75, 3.05) is 11.1 Å². The molecule has 0 spiro atoms. The summed E-state index contributed by atoms with van der Waals surface area (Å²) in [6, 6.07) is 2.56. The topological polar surface area (TPSA) is 103 Å². The van der Waals surface area contributed by atoms with Crippen LogP contribution in [0.15, 0.2) is 21.2 Å². The maximum atomic E-state index is 12.4. The number of nitrogens with two attached hydrogens (primary N) is 1. The summed E-state index contributed by atoms with van der Waals surface area (Å²) in [7, 11) is 0. The molecule has 2 aromatic rings. The summed E-state index contributed by atoms with van der Waals surface area (Å²) in [6.07, 6.45) is 0. The van der Waals surface area contributed by atoms with Crippen LogP contribution in [0.4, 0.5) is 20.3 Å². The van der Waals surface area contributed by atoms with Gasteiger partial charge in [-0.05, 0) is 38.4 Å². The fourth-order valence-electron chi connectivity index (χ4n) is 1.40. The Morgan fingerprint density at radius 2 is 2.19 bits per heavy atom. The number of carbonyl (C=O) groups excluding carboxylic acids is 1. The van der Waals surface area contributed by atoms with Gasteiger partial charge in [0.05, 0.1) is 10.2 Å². The molecule has 0 fully saturated rings. The Morgan fingerprint density at radius 3 is 2.76 bits per heavy atom. The number of anilines is 2. The van der Waals surface area contributed by atoms with Gasteiger partial charge in [-0.15, -0.1) is 0 Å². The number of halogens is 4. The minimum absolute atomic E-state index is 0.0953. The molecule has 21 heavy (non-hydrogen) atoms. The zero-order chi connectivity index (χ0) is 15.6. The number of hydrogen-bond acceptors (Lipinski definition) is 6. The third kappa shape index (κ3) is 3.58. The van der Waals surface area contributed by atoms with Gasteiger partial charge in [0.15, 0.2) is 5.75 Å². The monoisotopic (exact) mass is 382 g/mol. The first-order valence-electron chi connectivity index (χ1n) is 5.21. The van der Waals surface area contributed by atoms with Crippen molar-refractivity contribution in [3.05, 3.63) is 27.3 Å². The molecule has 1 aromatic heterocycles. The minimum atomic E-state index is -3.09. The number of benzene rings is 1. The molecule has 0 radical (unpaired) electrons. The molecule has 11 heteroatoms. The number of nitrogen functional groups attached to an aromatic ring is 1. The molecule has 0 atom stereocenters. The Labute approximate surface area is 129 Å². The molecule has 0 saturated carbocycles. The Kier molecular flexibility index (Phi) is 4.58. The second-order valence-electron chi connectivity index (χ2n) is 3.59. The maximum absolute atomic E-state index is 12.4. The maximum Gasteiger partial charge on any atom is 0.387 e. The van der Waals surface area contributed by atoms with E-state index in [1.54, 1.807) is 0 Å². The van der Waals surface area contributed by atoms with E-state index in [1.165, 1.54) is 12.1 Å². The molecule has 7 nitrogen and oxygen atoms in total. The first-order chi connectivity index (χ1) is 9.88. The number of hydrogen-bond donors (Lipinski definition) is 2. The summed E-state index contributed by atoms with van der Waals surface area (Å²) in [6.45, 7) is -3.09. The Hall–Kier alpha value is -1.94. The van der Waals surface area contributed by atoms with Gasteiger partial charge in [-0.25, -0.2) is 4.63 Å². The van der Waals surface area contributed by atoms with Gasteiger partial charge in [0.2, 0.25) is 11.5 Å². The molecule has 112 valence electrons. The van der Waals surface area contributed by atoms with Crippen molar-refractivity contribution < 1.29 is 22.9 Å². The van der Waals surface area contributed by atoms with E-state index < -0.39 is 12.5 Å². The lowest BCUT2D eigenvalue weighted by Gasteiger charge is -2.13. The van der Waals surface area contributed by atoms with Crippen LogP contribution in [0, 0.1) is 0 Å². The van der Waals surface area contributed by atoms with Crippen molar-refractivity contribution in [3.8, 4) is 5.75 Å². The number of alkyl halides is 2. The van der Waals surface area contributed by atoms with Crippen molar-refractivity contribution in [2.45, 2.75) is 6.61 Å². The van der Waals surface area contributed by atoms with Crippen LogP contribution in [0.2, 0.25) is 5.02 Å². The smallest absolute Gasteiger partial charge is 0.387 e. The van der Waals surface area contributed by atoms with E-state index in [0.29, 0.717) is 0 Å². The lowest BCUT2D eigenvalue weighted by atomic mass is 10.2. The van der Waals surface area contributed by atoms with Crippen LogP contribution >= 0.6 is 27.5 Å². The van der Waals surface area contributed by atoms with Crippen LogP contribution in [-0.4, -0.2) is 22.8 Å². The van der Waals surface area contributed by atoms with Gasteiger partial charge >= 0.3 is 6.61 Å². The van der Waals surface area contributed by atoms with E-state index in [-0.39, 0.29) is 32.4 Å². The average molecular weight is 384 g/mol. The van der Waals surface area contributed by atoms with Crippen LogP contribution < -0.4 is 15.8 Å². The van der Waals surface area contributed by atoms with E-state index in [0.717, 1.165) is 0 Å². The molecule has 0 aliphatic rings. The van der Waals surface area contributed by atoms with Crippen molar-refractivity contribution in [1.29, 1.82) is 0 Å². The van der Waals surface area contributed by atoms with Crippen molar-refractivity contribution in [3.63, 3.8) is 0 Å². The van der Waals surface area contributed by atoms with Crippen molar-refractivity contribution >= 4 is 44.9 Å². The Bertz CT molecular complexity index is 682. The molecule has 0 bridgehead atoms. The minimum Gasteiger partial charge on any atom is -0.431 e. The number of nitrogens with one attached hydrogen (secondary N) is 1. The van der Waals surface area contributed by atoms with E-state index in [2.05, 4.69) is 40.9 Å². The summed E-state index contributed by atoms with van der Waals surface area (Å²) in [5.74, 6) is -1.36. The summed E-state index contributed by atoms with van der Waals surface area (Å²) >= 11 is 8.82. The van der Waals surface area contributed by atoms with Gasteiger partial charge < -0.3 is 15.8 Å². The molecular weight excluding hydrogens is 377 g/mol. The molecule has 3 N–H and O–H groups in total. The molecule has 1 aromatic carbocycles. The van der Waals surface area contributed by atoms with Crippen LogP contribution in [-0.2, 0) is 0 Å². The number of aromatic nitrogens is 2. The Morgan fingerprint density at radius 1 is 1.48 bits per heavy atom.